The van der Waals surface area contributed by atoms with Crippen LogP contribution < -0.4 is 5.73 Å². The monoisotopic (exact) mass is 250 g/mol. The van der Waals surface area contributed by atoms with Crippen molar-refractivity contribution in [1.29, 1.82) is 0 Å². The molecule has 0 atom stereocenters. The zero-order chi connectivity index (χ0) is 13.1. The van der Waals surface area contributed by atoms with Gasteiger partial charge in [0.2, 0.25) is 0 Å². The molecule has 0 saturated carbocycles. The lowest BCUT2D eigenvalue weighted by Gasteiger charge is -2.04. The van der Waals surface area contributed by atoms with Crippen LogP contribution in [0.4, 0.5) is 10.2 Å². The van der Waals surface area contributed by atoms with Gasteiger partial charge in [-0.3, -0.25) is 4.57 Å². The molecule has 94 valence electrons. The van der Waals surface area contributed by atoms with Gasteiger partial charge in [0.15, 0.2) is 5.69 Å². The second-order valence-corrected chi connectivity index (χ2v) is 3.40. The fourth-order valence-electron chi connectivity index (χ4n) is 1.41. The van der Waals surface area contributed by atoms with E-state index in [1.165, 1.54) is 23.0 Å². The van der Waals surface area contributed by atoms with Gasteiger partial charge in [-0.05, 0) is 19.1 Å². The highest BCUT2D eigenvalue weighted by Crippen LogP contribution is 2.16. The van der Waals surface area contributed by atoms with Gasteiger partial charge in [-0.15, -0.1) is 0 Å². The molecule has 0 aliphatic carbocycles. The van der Waals surface area contributed by atoms with Crippen LogP contribution in [0.3, 0.4) is 0 Å². The number of rotatable bonds is 3. The van der Waals surface area contributed by atoms with E-state index in [0.29, 0.717) is 5.82 Å². The molecule has 0 aliphatic heterocycles. The first-order valence-corrected chi connectivity index (χ1v) is 5.25. The van der Waals surface area contributed by atoms with Gasteiger partial charge in [-0.2, -0.15) is 0 Å². The third-order valence-electron chi connectivity index (χ3n) is 2.23. The highest BCUT2D eigenvalue weighted by molar-refractivity contribution is 5.92. The smallest absolute Gasteiger partial charge is 0.360 e. The highest BCUT2D eigenvalue weighted by atomic mass is 19.1. The first kappa shape index (κ1) is 12.0. The minimum atomic E-state index is -0.601. The fraction of sp³-hybridized carbons (Fsp3) is 0.182. The first-order chi connectivity index (χ1) is 8.63. The van der Waals surface area contributed by atoms with E-state index in [4.69, 9.17) is 10.5 Å². The van der Waals surface area contributed by atoms with Crippen molar-refractivity contribution < 1.29 is 13.9 Å². The van der Waals surface area contributed by atoms with Crippen molar-refractivity contribution in [2.45, 2.75) is 6.92 Å². The Balaban J connectivity index is 2.36. The van der Waals surface area contributed by atoms with E-state index in [2.05, 4.69) is 9.97 Å². The Kier molecular flexibility index (Phi) is 3.22. The van der Waals surface area contributed by atoms with Crippen LogP contribution in [0.2, 0.25) is 0 Å². The van der Waals surface area contributed by atoms with Crippen molar-refractivity contribution in [3.63, 3.8) is 0 Å². The average Bonchev–Trinajstić information content (AvgIpc) is 2.73. The second kappa shape index (κ2) is 4.82. The zero-order valence-corrected chi connectivity index (χ0v) is 9.63. The van der Waals surface area contributed by atoms with Crippen LogP contribution in [0.1, 0.15) is 17.4 Å². The van der Waals surface area contributed by atoms with Crippen LogP contribution in [-0.4, -0.2) is 27.1 Å². The standard InChI is InChI=1S/C11H11FN4O2/c1-2-18-11(17)9-10(13)16(6-15-9)8-4-3-7(12)5-14-8/h3-6H,2,13H2,1H3. The summed E-state index contributed by atoms with van der Waals surface area (Å²) >= 11 is 0. The predicted molar refractivity (Wildman–Crippen MR) is 61.7 cm³/mol. The quantitative estimate of drug-likeness (QED) is 0.826. The molecule has 18 heavy (non-hydrogen) atoms. The van der Waals surface area contributed by atoms with Crippen molar-refractivity contribution in [2.75, 3.05) is 12.3 Å². The molecule has 0 spiro atoms. The Labute approximate surface area is 102 Å². The number of nitrogens with two attached hydrogens (primary N) is 1. The number of carbonyl (C=O) groups is 1. The Morgan fingerprint density at radius 3 is 2.89 bits per heavy atom. The van der Waals surface area contributed by atoms with E-state index >= 15 is 0 Å². The maximum atomic E-state index is 12.7. The van der Waals surface area contributed by atoms with Gasteiger partial charge in [0.1, 0.15) is 23.8 Å². The molecule has 0 bridgehead atoms. The Hall–Kier alpha value is -2.44. The van der Waals surface area contributed by atoms with Crippen LogP contribution in [0.25, 0.3) is 5.82 Å². The molecule has 0 radical (unpaired) electrons. The molecule has 0 unspecified atom stereocenters. The van der Waals surface area contributed by atoms with Crippen LogP contribution in [0.5, 0.6) is 0 Å². The molecule has 2 aromatic rings. The molecular weight excluding hydrogens is 239 g/mol. The van der Waals surface area contributed by atoms with Gasteiger partial charge in [-0.1, -0.05) is 0 Å². The number of pyridine rings is 1. The van der Waals surface area contributed by atoms with Gasteiger partial charge < -0.3 is 10.5 Å². The molecule has 0 aliphatic rings. The molecule has 6 nitrogen and oxygen atoms in total. The number of anilines is 1. The number of nitrogens with zero attached hydrogens (tertiary/aromatic N) is 3. The molecule has 7 heteroatoms. The third kappa shape index (κ3) is 2.15. The van der Waals surface area contributed by atoms with Crippen LogP contribution in [0.15, 0.2) is 24.7 Å². The SMILES string of the molecule is CCOC(=O)c1ncn(-c2ccc(F)cn2)c1N. The predicted octanol–water partition coefficient (Wildman–Crippen LogP) is 1.17. The summed E-state index contributed by atoms with van der Waals surface area (Å²) in [6.45, 7) is 1.92. The Morgan fingerprint density at radius 1 is 1.50 bits per heavy atom. The van der Waals surface area contributed by atoms with E-state index in [0.717, 1.165) is 6.20 Å². The number of carbonyl (C=O) groups excluding carboxylic acids is 1. The van der Waals surface area contributed by atoms with E-state index in [-0.39, 0.29) is 18.1 Å². The van der Waals surface area contributed by atoms with Crippen LogP contribution >= 0.6 is 0 Å². The molecule has 2 rings (SSSR count). The van der Waals surface area contributed by atoms with Gasteiger partial charge >= 0.3 is 5.97 Å². The second-order valence-electron chi connectivity index (χ2n) is 3.40. The summed E-state index contributed by atoms with van der Waals surface area (Å²) in [7, 11) is 0. The van der Waals surface area contributed by atoms with Crippen molar-refractivity contribution in [1.82, 2.24) is 14.5 Å². The van der Waals surface area contributed by atoms with E-state index in [9.17, 15) is 9.18 Å². The summed E-state index contributed by atoms with van der Waals surface area (Å²) in [4.78, 5) is 19.2. The highest BCUT2D eigenvalue weighted by Gasteiger charge is 2.17. The summed E-state index contributed by atoms with van der Waals surface area (Å²) in [5.41, 5.74) is 5.79. The fourth-order valence-corrected chi connectivity index (χ4v) is 1.41. The van der Waals surface area contributed by atoms with Gasteiger partial charge in [0.25, 0.3) is 0 Å². The zero-order valence-electron chi connectivity index (χ0n) is 9.63. The van der Waals surface area contributed by atoms with Crippen molar-refractivity contribution >= 4 is 11.8 Å². The minimum Gasteiger partial charge on any atom is -0.461 e. The maximum absolute atomic E-state index is 12.7. The lowest BCUT2D eigenvalue weighted by atomic mass is 10.4. The molecule has 0 saturated heterocycles. The molecule has 2 N–H and O–H groups in total. The number of aromatic nitrogens is 3. The molecule has 0 aromatic carbocycles. The molecule has 2 aromatic heterocycles. The third-order valence-corrected chi connectivity index (χ3v) is 2.23. The summed E-state index contributed by atoms with van der Waals surface area (Å²) in [5.74, 6) is -0.580. The van der Waals surface area contributed by atoms with Crippen molar-refractivity contribution in [3.05, 3.63) is 36.2 Å². The first-order valence-electron chi connectivity index (χ1n) is 5.25. The average molecular weight is 250 g/mol. The molecule has 2 heterocycles. The van der Waals surface area contributed by atoms with Crippen molar-refractivity contribution in [3.8, 4) is 5.82 Å². The number of imidazole rings is 1. The molecule has 0 amide bonds. The largest absolute Gasteiger partial charge is 0.461 e. The molecular formula is C11H11FN4O2. The maximum Gasteiger partial charge on any atom is 0.360 e. The van der Waals surface area contributed by atoms with E-state index in [1.807, 2.05) is 0 Å². The number of esters is 1. The van der Waals surface area contributed by atoms with Gasteiger partial charge in [-0.25, -0.2) is 19.2 Å². The molecule has 0 fully saturated rings. The normalized spacial score (nSPS) is 10.3. The summed E-state index contributed by atoms with van der Waals surface area (Å²) < 4.78 is 18.9. The summed E-state index contributed by atoms with van der Waals surface area (Å²) in [6.07, 6.45) is 2.39. The topological polar surface area (TPSA) is 83.0 Å². The minimum absolute atomic E-state index is 0.0166. The Morgan fingerprint density at radius 2 is 2.28 bits per heavy atom. The van der Waals surface area contributed by atoms with E-state index < -0.39 is 11.8 Å². The lowest BCUT2D eigenvalue weighted by molar-refractivity contribution is 0.0521. The number of hydrogen-bond donors (Lipinski definition) is 1. The van der Waals surface area contributed by atoms with Gasteiger partial charge in [0, 0.05) is 0 Å². The number of halogens is 1. The van der Waals surface area contributed by atoms with E-state index in [1.54, 1.807) is 6.92 Å². The summed E-state index contributed by atoms with van der Waals surface area (Å²) in [5, 5.41) is 0. The van der Waals surface area contributed by atoms with Crippen molar-refractivity contribution in [2.24, 2.45) is 0 Å². The van der Waals surface area contributed by atoms with Crippen LogP contribution in [0, 0.1) is 5.82 Å². The number of ether oxygens (including phenoxy) is 1. The number of hydrogen-bond acceptors (Lipinski definition) is 5. The lowest BCUT2D eigenvalue weighted by Crippen LogP contribution is -2.09. The Bertz CT molecular complexity index is 565. The van der Waals surface area contributed by atoms with Gasteiger partial charge in [0.05, 0.1) is 12.8 Å². The number of nitrogen functional groups attached to an aromatic ring is 1. The summed E-state index contributed by atoms with van der Waals surface area (Å²) in [6, 6.07) is 2.67. The van der Waals surface area contributed by atoms with Crippen LogP contribution in [-0.2, 0) is 4.74 Å².